The van der Waals surface area contributed by atoms with Crippen molar-refractivity contribution in [3.63, 3.8) is 0 Å². The second-order valence-corrected chi connectivity index (χ2v) is 4.53. The number of rotatable bonds is 3. The quantitative estimate of drug-likeness (QED) is 0.732. The van der Waals surface area contributed by atoms with Gasteiger partial charge in [0.1, 0.15) is 0 Å². The van der Waals surface area contributed by atoms with Gasteiger partial charge in [-0.15, -0.1) is 12.4 Å². The molecule has 2 N–H and O–H groups in total. The van der Waals surface area contributed by atoms with Crippen LogP contribution in [0.3, 0.4) is 0 Å². The van der Waals surface area contributed by atoms with Gasteiger partial charge in [-0.2, -0.15) is 0 Å². The minimum Gasteiger partial charge on any atom is -0.772 e. The van der Waals surface area contributed by atoms with Crippen LogP contribution in [-0.2, 0) is 11.1 Å². The van der Waals surface area contributed by atoms with E-state index in [0.29, 0.717) is 17.6 Å². The average Bonchev–Trinajstić information content (AvgIpc) is 2.05. The van der Waals surface area contributed by atoms with Gasteiger partial charge in [0, 0.05) is 5.75 Å². The van der Waals surface area contributed by atoms with Crippen molar-refractivity contribution in [2.75, 3.05) is 12.3 Å². The van der Waals surface area contributed by atoms with E-state index in [1.54, 1.807) is 0 Å². The van der Waals surface area contributed by atoms with Gasteiger partial charge < -0.3 is 10.3 Å². The van der Waals surface area contributed by atoms with Gasteiger partial charge in [-0.3, -0.25) is 4.21 Å². The molecule has 0 amide bonds. The Morgan fingerprint density at radius 3 is 2.08 bits per heavy atom. The monoisotopic (exact) mass is 226 g/mol. The van der Waals surface area contributed by atoms with Crippen LogP contribution in [0.5, 0.6) is 0 Å². The molecule has 0 spiro atoms. The van der Waals surface area contributed by atoms with Gasteiger partial charge in [0.2, 0.25) is 0 Å². The maximum Gasteiger partial charge on any atom is 0.0130 e. The van der Waals surface area contributed by atoms with Gasteiger partial charge in [0.05, 0.1) is 0 Å². The first-order valence-electron chi connectivity index (χ1n) is 4.48. The minimum absolute atomic E-state index is 0. The van der Waals surface area contributed by atoms with Crippen LogP contribution in [0.1, 0.15) is 25.7 Å². The summed E-state index contributed by atoms with van der Waals surface area (Å²) in [6.45, 7) is 0.757. The van der Waals surface area contributed by atoms with Crippen molar-refractivity contribution in [3.05, 3.63) is 0 Å². The van der Waals surface area contributed by atoms with E-state index in [1.807, 2.05) is 0 Å². The van der Waals surface area contributed by atoms with E-state index >= 15 is 0 Å². The molecule has 5 heteroatoms. The summed E-state index contributed by atoms with van der Waals surface area (Å²) < 4.78 is 20.8. The zero-order valence-electron chi connectivity index (χ0n) is 7.61. The van der Waals surface area contributed by atoms with Crippen molar-refractivity contribution in [2.45, 2.75) is 25.7 Å². The van der Waals surface area contributed by atoms with E-state index in [1.165, 1.54) is 0 Å². The molecular formula is C8H17ClNO2S-. The van der Waals surface area contributed by atoms with E-state index < -0.39 is 11.1 Å². The summed E-state index contributed by atoms with van der Waals surface area (Å²) in [4.78, 5) is 0. The van der Waals surface area contributed by atoms with Crippen LogP contribution in [0.4, 0.5) is 0 Å². The molecule has 80 valence electrons. The number of halogens is 1. The van der Waals surface area contributed by atoms with Crippen LogP contribution in [0.2, 0.25) is 0 Å². The molecule has 0 aromatic rings. The fraction of sp³-hybridized carbons (Fsp3) is 1.00. The molecule has 1 rings (SSSR count). The predicted molar refractivity (Wildman–Crippen MR) is 55.5 cm³/mol. The molecule has 1 aliphatic carbocycles. The van der Waals surface area contributed by atoms with E-state index in [-0.39, 0.29) is 12.4 Å². The summed E-state index contributed by atoms with van der Waals surface area (Å²) in [5, 5.41) is 0. The van der Waals surface area contributed by atoms with Crippen molar-refractivity contribution < 1.29 is 8.76 Å². The predicted octanol–water partition coefficient (Wildman–Crippen LogP) is 1.05. The Kier molecular flexibility index (Phi) is 6.95. The highest BCUT2D eigenvalue weighted by molar-refractivity contribution is 7.79. The van der Waals surface area contributed by atoms with Crippen molar-refractivity contribution in [2.24, 2.45) is 17.6 Å². The first-order valence-corrected chi connectivity index (χ1v) is 5.72. The summed E-state index contributed by atoms with van der Waals surface area (Å²) in [5.74, 6) is 1.38. The van der Waals surface area contributed by atoms with Crippen LogP contribution in [0.15, 0.2) is 0 Å². The highest BCUT2D eigenvalue weighted by atomic mass is 35.5. The topological polar surface area (TPSA) is 66.2 Å². The Morgan fingerprint density at radius 2 is 1.69 bits per heavy atom. The number of hydrogen-bond acceptors (Lipinski definition) is 3. The standard InChI is InChI=1S/C8H17NO2S.ClH/c9-5-7-1-3-8(4-2-7)6-12(10)11;/h7-8H,1-6,9H2,(H,10,11);1H/p-1. The Hall–Kier alpha value is 0.360. The van der Waals surface area contributed by atoms with Gasteiger partial charge in [-0.1, -0.05) is 11.1 Å². The molecule has 1 atom stereocenters. The van der Waals surface area contributed by atoms with Gasteiger partial charge in [-0.25, -0.2) is 0 Å². The van der Waals surface area contributed by atoms with Gasteiger partial charge in [-0.05, 0) is 44.1 Å². The molecule has 1 fully saturated rings. The molecule has 0 radical (unpaired) electrons. The summed E-state index contributed by atoms with van der Waals surface area (Å²) in [6.07, 6.45) is 4.29. The third-order valence-corrected chi connectivity index (χ3v) is 3.42. The second kappa shape index (κ2) is 6.76. The van der Waals surface area contributed by atoms with Crippen LogP contribution < -0.4 is 5.73 Å². The number of hydrogen-bond donors (Lipinski definition) is 1. The van der Waals surface area contributed by atoms with Gasteiger partial charge in [0.25, 0.3) is 0 Å². The summed E-state index contributed by atoms with van der Waals surface area (Å²) in [6, 6.07) is 0. The molecule has 0 saturated heterocycles. The third-order valence-electron chi connectivity index (χ3n) is 2.67. The van der Waals surface area contributed by atoms with Crippen molar-refractivity contribution in [1.29, 1.82) is 0 Å². The fourth-order valence-electron chi connectivity index (χ4n) is 1.83. The highest BCUT2D eigenvalue weighted by Crippen LogP contribution is 2.28. The Balaban J connectivity index is 0.00000144. The van der Waals surface area contributed by atoms with Crippen molar-refractivity contribution in [3.8, 4) is 0 Å². The molecule has 0 aromatic heterocycles. The molecule has 0 heterocycles. The molecule has 13 heavy (non-hydrogen) atoms. The van der Waals surface area contributed by atoms with E-state index in [4.69, 9.17) is 5.73 Å². The van der Waals surface area contributed by atoms with E-state index in [9.17, 15) is 8.76 Å². The normalized spacial score (nSPS) is 30.6. The summed E-state index contributed by atoms with van der Waals surface area (Å²) in [7, 11) is 0. The zero-order valence-corrected chi connectivity index (χ0v) is 9.24. The Morgan fingerprint density at radius 1 is 1.23 bits per heavy atom. The lowest BCUT2D eigenvalue weighted by atomic mass is 9.83. The maximum absolute atomic E-state index is 10.4. The van der Waals surface area contributed by atoms with Crippen LogP contribution in [0.25, 0.3) is 0 Å². The lowest BCUT2D eigenvalue weighted by Crippen LogP contribution is -2.24. The SMILES string of the molecule is Cl.NCC1CCC(CS(=O)[O-])CC1. The average molecular weight is 227 g/mol. The summed E-state index contributed by atoms with van der Waals surface area (Å²) >= 11 is -1.86. The molecule has 0 aromatic carbocycles. The largest absolute Gasteiger partial charge is 0.772 e. The van der Waals surface area contributed by atoms with E-state index in [2.05, 4.69) is 0 Å². The maximum atomic E-state index is 10.4. The smallest absolute Gasteiger partial charge is 0.0130 e. The molecule has 1 unspecified atom stereocenters. The molecule has 1 saturated carbocycles. The van der Waals surface area contributed by atoms with E-state index in [0.717, 1.165) is 32.2 Å². The molecule has 3 nitrogen and oxygen atoms in total. The highest BCUT2D eigenvalue weighted by Gasteiger charge is 2.19. The molecule has 0 aliphatic heterocycles. The van der Waals surface area contributed by atoms with Gasteiger partial charge >= 0.3 is 0 Å². The van der Waals surface area contributed by atoms with Crippen molar-refractivity contribution >= 4 is 23.5 Å². The van der Waals surface area contributed by atoms with Gasteiger partial charge in [0.15, 0.2) is 0 Å². The zero-order chi connectivity index (χ0) is 8.97. The lowest BCUT2D eigenvalue weighted by Gasteiger charge is -2.27. The lowest BCUT2D eigenvalue weighted by molar-refractivity contribution is 0.296. The number of nitrogens with two attached hydrogens (primary N) is 1. The summed E-state index contributed by atoms with van der Waals surface area (Å²) in [5.41, 5.74) is 5.53. The second-order valence-electron chi connectivity index (χ2n) is 3.59. The van der Waals surface area contributed by atoms with Crippen LogP contribution >= 0.6 is 12.4 Å². The molecular weight excluding hydrogens is 210 g/mol. The Bertz CT molecular complexity index is 160. The van der Waals surface area contributed by atoms with Crippen molar-refractivity contribution in [1.82, 2.24) is 0 Å². The minimum atomic E-state index is -1.86. The first kappa shape index (κ1) is 13.4. The molecule has 0 bridgehead atoms. The van der Waals surface area contributed by atoms with Crippen LogP contribution in [-0.4, -0.2) is 21.1 Å². The molecule has 1 aliphatic rings. The Labute approximate surface area is 88.2 Å². The fourth-order valence-corrected chi connectivity index (χ4v) is 2.54. The van der Waals surface area contributed by atoms with Crippen LogP contribution in [0, 0.1) is 11.8 Å². The first-order chi connectivity index (χ1) is 5.72. The third kappa shape index (κ3) is 4.96.